The molecule has 94 valence electrons. The maximum atomic E-state index is 13.1. The molecule has 2 rings (SSSR count). The smallest absolute Gasteiger partial charge is 0.254 e. The van der Waals surface area contributed by atoms with Crippen LogP contribution in [0.25, 0.3) is 0 Å². The molecule has 17 heavy (non-hydrogen) atoms. The van der Waals surface area contributed by atoms with E-state index in [1.807, 2.05) is 6.92 Å². The van der Waals surface area contributed by atoms with Crippen molar-refractivity contribution in [3.8, 4) is 0 Å². The summed E-state index contributed by atoms with van der Waals surface area (Å²) in [6, 6.07) is 4.33. The van der Waals surface area contributed by atoms with Gasteiger partial charge in [-0.2, -0.15) is 0 Å². The minimum Gasteiger partial charge on any atom is -0.337 e. The molecular weight excluding hydrogens is 243 g/mol. The van der Waals surface area contributed by atoms with Crippen molar-refractivity contribution in [3.05, 3.63) is 35.1 Å². The van der Waals surface area contributed by atoms with E-state index in [1.165, 1.54) is 12.1 Å². The van der Waals surface area contributed by atoms with Crippen molar-refractivity contribution in [1.82, 2.24) is 4.90 Å². The predicted molar refractivity (Wildman–Crippen MR) is 66.9 cm³/mol. The normalized spacial score (nSPS) is 19.0. The van der Waals surface area contributed by atoms with Gasteiger partial charge in [-0.05, 0) is 31.0 Å². The first-order chi connectivity index (χ1) is 7.58. The van der Waals surface area contributed by atoms with Gasteiger partial charge in [0, 0.05) is 24.7 Å². The Bertz CT molecular complexity index is 425. The number of benzene rings is 1. The van der Waals surface area contributed by atoms with Crippen LogP contribution in [-0.4, -0.2) is 29.9 Å². The van der Waals surface area contributed by atoms with Gasteiger partial charge in [-0.3, -0.25) is 4.79 Å². The van der Waals surface area contributed by atoms with Crippen molar-refractivity contribution >= 4 is 18.3 Å². The van der Waals surface area contributed by atoms with Gasteiger partial charge in [-0.25, -0.2) is 4.39 Å². The van der Waals surface area contributed by atoms with Crippen LogP contribution in [0.3, 0.4) is 0 Å². The molecule has 0 spiro atoms. The van der Waals surface area contributed by atoms with E-state index >= 15 is 0 Å². The molecule has 1 saturated heterocycles. The summed E-state index contributed by atoms with van der Waals surface area (Å²) in [4.78, 5) is 13.8. The van der Waals surface area contributed by atoms with Gasteiger partial charge in [0.1, 0.15) is 5.82 Å². The second-order valence-corrected chi connectivity index (χ2v) is 4.26. The van der Waals surface area contributed by atoms with Crippen molar-refractivity contribution in [2.45, 2.75) is 19.4 Å². The van der Waals surface area contributed by atoms with Gasteiger partial charge in [-0.15, -0.1) is 12.4 Å². The molecule has 0 aromatic heterocycles. The van der Waals surface area contributed by atoms with E-state index in [2.05, 4.69) is 0 Å². The number of carbonyl (C=O) groups excluding carboxylic acids is 1. The maximum Gasteiger partial charge on any atom is 0.254 e. The van der Waals surface area contributed by atoms with Gasteiger partial charge in [0.05, 0.1) is 0 Å². The number of likely N-dealkylation sites (tertiary alicyclic amines) is 1. The first-order valence-corrected chi connectivity index (χ1v) is 5.39. The minimum atomic E-state index is -0.377. The van der Waals surface area contributed by atoms with Crippen molar-refractivity contribution in [2.75, 3.05) is 13.1 Å². The molecule has 0 radical (unpaired) electrons. The number of hydrogen-bond donors (Lipinski definition) is 1. The molecule has 1 aromatic carbocycles. The zero-order valence-electron chi connectivity index (χ0n) is 9.65. The summed E-state index contributed by atoms with van der Waals surface area (Å²) in [6.45, 7) is 3.04. The van der Waals surface area contributed by atoms with Crippen LogP contribution in [-0.2, 0) is 0 Å². The second-order valence-electron chi connectivity index (χ2n) is 4.26. The number of hydrogen-bond acceptors (Lipinski definition) is 2. The molecule has 0 aliphatic carbocycles. The number of nitrogens with two attached hydrogens (primary N) is 1. The molecule has 0 bridgehead atoms. The first-order valence-electron chi connectivity index (χ1n) is 5.39. The Labute approximate surface area is 106 Å². The Kier molecular flexibility index (Phi) is 4.48. The maximum absolute atomic E-state index is 13.1. The topological polar surface area (TPSA) is 46.3 Å². The molecular formula is C12H16ClFN2O. The molecule has 5 heteroatoms. The molecule has 1 fully saturated rings. The molecule has 2 N–H and O–H groups in total. The minimum absolute atomic E-state index is 0. The Morgan fingerprint density at radius 1 is 1.53 bits per heavy atom. The number of carbonyl (C=O) groups is 1. The van der Waals surface area contributed by atoms with Gasteiger partial charge in [0.25, 0.3) is 5.91 Å². The van der Waals surface area contributed by atoms with E-state index in [0.29, 0.717) is 18.7 Å². The van der Waals surface area contributed by atoms with Gasteiger partial charge in [-0.1, -0.05) is 6.07 Å². The molecule has 3 nitrogen and oxygen atoms in total. The summed E-state index contributed by atoms with van der Waals surface area (Å²) in [5.74, 6) is -0.498. The Hall–Kier alpha value is -1.13. The highest BCUT2D eigenvalue weighted by molar-refractivity contribution is 5.95. The molecule has 1 heterocycles. The van der Waals surface area contributed by atoms with E-state index in [-0.39, 0.29) is 30.2 Å². The summed E-state index contributed by atoms with van der Waals surface area (Å²) >= 11 is 0. The molecule has 1 aliphatic heterocycles. The Balaban J connectivity index is 0.00000144. The Morgan fingerprint density at radius 3 is 2.82 bits per heavy atom. The van der Waals surface area contributed by atoms with Crippen molar-refractivity contribution < 1.29 is 9.18 Å². The number of nitrogens with zero attached hydrogens (tertiary/aromatic N) is 1. The lowest BCUT2D eigenvalue weighted by molar-refractivity contribution is 0.0789. The summed E-state index contributed by atoms with van der Waals surface area (Å²) in [7, 11) is 0. The quantitative estimate of drug-likeness (QED) is 0.834. The highest BCUT2D eigenvalue weighted by atomic mass is 35.5. The average molecular weight is 259 g/mol. The third-order valence-electron chi connectivity index (χ3n) is 2.94. The standard InChI is InChI=1S/C12H15FN2O.ClH/c1-8-2-3-9(13)6-11(8)12(16)15-5-4-10(14)7-15;/h2-3,6,10H,4-5,7,14H2,1H3;1H. The Morgan fingerprint density at radius 2 is 2.24 bits per heavy atom. The summed E-state index contributed by atoms with van der Waals surface area (Å²) < 4.78 is 13.1. The van der Waals surface area contributed by atoms with Gasteiger partial charge < -0.3 is 10.6 Å². The third kappa shape index (κ3) is 2.96. The summed E-state index contributed by atoms with van der Waals surface area (Å²) in [6.07, 6.45) is 0.820. The van der Waals surface area contributed by atoms with Crippen LogP contribution in [0.2, 0.25) is 0 Å². The van der Waals surface area contributed by atoms with Crippen LogP contribution in [0, 0.1) is 12.7 Å². The lowest BCUT2D eigenvalue weighted by Crippen LogP contribution is -2.32. The number of amides is 1. The number of rotatable bonds is 1. The predicted octanol–water partition coefficient (Wildman–Crippen LogP) is 1.73. The van der Waals surface area contributed by atoms with Crippen molar-refractivity contribution in [1.29, 1.82) is 0 Å². The SMILES string of the molecule is Cc1ccc(F)cc1C(=O)N1CCC(N)C1.Cl. The van der Waals surface area contributed by atoms with Crippen LogP contribution < -0.4 is 5.73 Å². The third-order valence-corrected chi connectivity index (χ3v) is 2.94. The number of halogens is 2. The average Bonchev–Trinajstić information content (AvgIpc) is 2.67. The molecule has 1 aliphatic rings. The van der Waals surface area contributed by atoms with Crippen LogP contribution in [0.5, 0.6) is 0 Å². The van der Waals surface area contributed by atoms with Crippen LogP contribution in [0.15, 0.2) is 18.2 Å². The van der Waals surface area contributed by atoms with Gasteiger partial charge in [0.15, 0.2) is 0 Å². The van der Waals surface area contributed by atoms with Crippen LogP contribution >= 0.6 is 12.4 Å². The second kappa shape index (κ2) is 5.47. The number of aryl methyl sites for hydroxylation is 1. The van der Waals surface area contributed by atoms with Crippen LogP contribution in [0.1, 0.15) is 22.3 Å². The van der Waals surface area contributed by atoms with E-state index < -0.39 is 0 Å². The van der Waals surface area contributed by atoms with Crippen molar-refractivity contribution in [3.63, 3.8) is 0 Å². The molecule has 0 saturated carbocycles. The van der Waals surface area contributed by atoms with E-state index in [0.717, 1.165) is 12.0 Å². The fourth-order valence-electron chi connectivity index (χ4n) is 1.97. The van der Waals surface area contributed by atoms with Gasteiger partial charge >= 0.3 is 0 Å². The van der Waals surface area contributed by atoms with E-state index in [1.54, 1.807) is 11.0 Å². The molecule has 1 aromatic rings. The summed E-state index contributed by atoms with van der Waals surface area (Å²) in [5.41, 5.74) is 6.98. The lowest BCUT2D eigenvalue weighted by atomic mass is 10.1. The lowest BCUT2D eigenvalue weighted by Gasteiger charge is -2.17. The molecule has 1 atom stereocenters. The summed E-state index contributed by atoms with van der Waals surface area (Å²) in [5, 5.41) is 0. The van der Waals surface area contributed by atoms with Crippen molar-refractivity contribution in [2.24, 2.45) is 5.73 Å². The van der Waals surface area contributed by atoms with Gasteiger partial charge in [0.2, 0.25) is 0 Å². The monoisotopic (exact) mass is 258 g/mol. The molecule has 1 unspecified atom stereocenters. The van der Waals surface area contributed by atoms with Crippen LogP contribution in [0.4, 0.5) is 4.39 Å². The van der Waals surface area contributed by atoms with E-state index in [4.69, 9.17) is 5.73 Å². The zero-order chi connectivity index (χ0) is 11.7. The molecule has 1 amide bonds. The fraction of sp³-hybridized carbons (Fsp3) is 0.417. The zero-order valence-corrected chi connectivity index (χ0v) is 10.5. The fourth-order valence-corrected chi connectivity index (χ4v) is 1.97. The first kappa shape index (κ1) is 13.9. The van der Waals surface area contributed by atoms with E-state index in [9.17, 15) is 9.18 Å². The largest absolute Gasteiger partial charge is 0.337 e. The highest BCUT2D eigenvalue weighted by Crippen LogP contribution is 2.16. The highest BCUT2D eigenvalue weighted by Gasteiger charge is 2.25.